The maximum absolute atomic E-state index is 9.76. The average Bonchev–Trinajstić information content (AvgIpc) is 2.48. The first-order valence-corrected chi connectivity index (χ1v) is 7.83. The first kappa shape index (κ1) is 17.9. The molecule has 0 aliphatic carbocycles. The molecule has 0 bridgehead atoms. The molecule has 0 saturated carbocycles. The summed E-state index contributed by atoms with van der Waals surface area (Å²) in [5.74, 6) is 0. The lowest BCUT2D eigenvalue weighted by molar-refractivity contribution is -0.0604. The molecule has 1 atom stereocenters. The lowest BCUT2D eigenvalue weighted by atomic mass is 9.83. The Balaban J connectivity index is 2.46. The molecule has 1 aliphatic rings. The van der Waals surface area contributed by atoms with Gasteiger partial charge in [0.05, 0.1) is 26.4 Å². The van der Waals surface area contributed by atoms with Crippen LogP contribution >= 0.6 is 0 Å². The van der Waals surface area contributed by atoms with E-state index in [4.69, 9.17) is 14.2 Å². The number of ether oxygens (including phenoxy) is 3. The van der Waals surface area contributed by atoms with E-state index in [1.165, 1.54) is 0 Å². The SMILES string of the molecule is CCOCCN(CCOCC)CC1(CO)CCCOC1. The molecule has 0 aromatic heterocycles. The van der Waals surface area contributed by atoms with Crippen LogP contribution in [0.5, 0.6) is 0 Å². The smallest absolute Gasteiger partial charge is 0.0593 e. The molecule has 120 valence electrons. The second-order valence-electron chi connectivity index (χ2n) is 5.48. The van der Waals surface area contributed by atoms with Gasteiger partial charge in [0.1, 0.15) is 0 Å². The van der Waals surface area contributed by atoms with Gasteiger partial charge >= 0.3 is 0 Å². The molecule has 0 spiro atoms. The molecule has 1 fully saturated rings. The Morgan fingerprint density at radius 3 is 2.25 bits per heavy atom. The Labute approximate surface area is 123 Å². The van der Waals surface area contributed by atoms with Crippen molar-refractivity contribution in [1.29, 1.82) is 0 Å². The highest BCUT2D eigenvalue weighted by Gasteiger charge is 2.34. The number of rotatable bonds is 11. The predicted molar refractivity (Wildman–Crippen MR) is 79.0 cm³/mol. The number of hydrogen-bond donors (Lipinski definition) is 1. The van der Waals surface area contributed by atoms with Crippen LogP contribution in [-0.4, -0.2) is 75.9 Å². The summed E-state index contributed by atoms with van der Waals surface area (Å²) in [6.07, 6.45) is 2.06. The Hall–Kier alpha value is -0.200. The number of hydrogen-bond acceptors (Lipinski definition) is 5. The summed E-state index contributed by atoms with van der Waals surface area (Å²) < 4.78 is 16.5. The average molecular weight is 289 g/mol. The molecule has 0 radical (unpaired) electrons. The van der Waals surface area contributed by atoms with E-state index in [1.54, 1.807) is 0 Å². The third kappa shape index (κ3) is 6.50. The molecule has 1 saturated heterocycles. The van der Waals surface area contributed by atoms with Crippen LogP contribution in [0.15, 0.2) is 0 Å². The van der Waals surface area contributed by atoms with Gasteiger partial charge in [-0.1, -0.05) is 0 Å². The van der Waals surface area contributed by atoms with Crippen molar-refractivity contribution in [3.63, 3.8) is 0 Å². The van der Waals surface area contributed by atoms with Crippen molar-refractivity contribution in [2.45, 2.75) is 26.7 Å². The molecular weight excluding hydrogens is 258 g/mol. The van der Waals surface area contributed by atoms with Crippen molar-refractivity contribution >= 4 is 0 Å². The fourth-order valence-electron chi connectivity index (χ4n) is 2.63. The molecule has 1 N–H and O–H groups in total. The number of nitrogens with zero attached hydrogens (tertiary/aromatic N) is 1. The Bertz CT molecular complexity index is 222. The topological polar surface area (TPSA) is 51.2 Å². The molecule has 1 aliphatic heterocycles. The largest absolute Gasteiger partial charge is 0.396 e. The molecule has 1 heterocycles. The van der Waals surface area contributed by atoms with Gasteiger partial charge in [0.15, 0.2) is 0 Å². The normalized spacial score (nSPS) is 23.4. The van der Waals surface area contributed by atoms with Crippen molar-refractivity contribution in [3.8, 4) is 0 Å². The van der Waals surface area contributed by atoms with Crippen molar-refractivity contribution in [2.24, 2.45) is 5.41 Å². The molecule has 0 amide bonds. The Morgan fingerprint density at radius 2 is 1.80 bits per heavy atom. The minimum atomic E-state index is -0.114. The monoisotopic (exact) mass is 289 g/mol. The molecule has 0 aromatic rings. The van der Waals surface area contributed by atoms with E-state index in [9.17, 15) is 5.11 Å². The minimum Gasteiger partial charge on any atom is -0.396 e. The summed E-state index contributed by atoms with van der Waals surface area (Å²) in [5, 5.41) is 9.76. The zero-order valence-corrected chi connectivity index (χ0v) is 13.1. The van der Waals surface area contributed by atoms with Crippen LogP contribution in [0, 0.1) is 5.41 Å². The van der Waals surface area contributed by atoms with Gasteiger partial charge in [0, 0.05) is 44.9 Å². The van der Waals surface area contributed by atoms with E-state index >= 15 is 0 Å². The lowest BCUT2D eigenvalue weighted by Gasteiger charge is -2.39. The second kappa shape index (κ2) is 10.5. The third-order valence-electron chi connectivity index (χ3n) is 3.81. The fourth-order valence-corrected chi connectivity index (χ4v) is 2.63. The quantitative estimate of drug-likeness (QED) is 0.578. The fraction of sp³-hybridized carbons (Fsp3) is 1.00. The highest BCUT2D eigenvalue weighted by molar-refractivity contribution is 4.84. The van der Waals surface area contributed by atoms with Crippen molar-refractivity contribution in [1.82, 2.24) is 4.90 Å². The van der Waals surface area contributed by atoms with Crippen molar-refractivity contribution < 1.29 is 19.3 Å². The second-order valence-corrected chi connectivity index (χ2v) is 5.48. The van der Waals surface area contributed by atoms with Crippen LogP contribution < -0.4 is 0 Å². The first-order chi connectivity index (χ1) is 9.76. The van der Waals surface area contributed by atoms with Gasteiger partial charge in [0.25, 0.3) is 0 Å². The van der Waals surface area contributed by atoms with E-state index in [0.717, 1.165) is 65.5 Å². The van der Waals surface area contributed by atoms with Gasteiger partial charge in [-0.2, -0.15) is 0 Å². The molecule has 1 unspecified atom stereocenters. The summed E-state index contributed by atoms with van der Waals surface area (Å²) in [4.78, 5) is 2.33. The number of aliphatic hydroxyl groups excluding tert-OH is 1. The minimum absolute atomic E-state index is 0.114. The van der Waals surface area contributed by atoms with Gasteiger partial charge < -0.3 is 19.3 Å². The maximum Gasteiger partial charge on any atom is 0.0593 e. The molecular formula is C15H31NO4. The number of aliphatic hydroxyl groups is 1. The van der Waals surface area contributed by atoms with Gasteiger partial charge in [-0.05, 0) is 26.7 Å². The summed E-state index contributed by atoms with van der Waals surface area (Å²) in [6, 6.07) is 0. The third-order valence-corrected chi connectivity index (χ3v) is 3.81. The van der Waals surface area contributed by atoms with Crippen LogP contribution in [0.25, 0.3) is 0 Å². The van der Waals surface area contributed by atoms with Crippen LogP contribution in [0.2, 0.25) is 0 Å². The van der Waals surface area contributed by atoms with E-state index in [0.29, 0.717) is 6.61 Å². The first-order valence-electron chi connectivity index (χ1n) is 7.83. The summed E-state index contributed by atoms with van der Waals surface area (Å²) in [6.45, 7) is 11.2. The molecule has 20 heavy (non-hydrogen) atoms. The van der Waals surface area contributed by atoms with E-state index in [1.807, 2.05) is 13.8 Å². The van der Waals surface area contributed by atoms with Crippen molar-refractivity contribution in [3.05, 3.63) is 0 Å². The zero-order chi connectivity index (χ0) is 14.7. The van der Waals surface area contributed by atoms with Crippen molar-refractivity contribution in [2.75, 3.05) is 65.9 Å². The molecule has 0 aromatic carbocycles. The highest BCUT2D eigenvalue weighted by Crippen LogP contribution is 2.29. The molecule has 1 rings (SSSR count). The van der Waals surface area contributed by atoms with Crippen LogP contribution in [0.1, 0.15) is 26.7 Å². The lowest BCUT2D eigenvalue weighted by Crippen LogP contribution is -2.47. The van der Waals surface area contributed by atoms with Crippen LogP contribution in [-0.2, 0) is 14.2 Å². The van der Waals surface area contributed by atoms with E-state index < -0.39 is 0 Å². The van der Waals surface area contributed by atoms with E-state index in [-0.39, 0.29) is 12.0 Å². The van der Waals surface area contributed by atoms with Gasteiger partial charge in [0.2, 0.25) is 0 Å². The van der Waals surface area contributed by atoms with Crippen LogP contribution in [0.3, 0.4) is 0 Å². The molecule has 5 heteroatoms. The van der Waals surface area contributed by atoms with E-state index in [2.05, 4.69) is 4.90 Å². The Kier molecular flexibility index (Phi) is 9.39. The Morgan fingerprint density at radius 1 is 1.15 bits per heavy atom. The highest BCUT2D eigenvalue weighted by atomic mass is 16.5. The van der Waals surface area contributed by atoms with Gasteiger partial charge in [-0.15, -0.1) is 0 Å². The van der Waals surface area contributed by atoms with Crippen LogP contribution in [0.4, 0.5) is 0 Å². The predicted octanol–water partition coefficient (Wildman–Crippen LogP) is 1.15. The van der Waals surface area contributed by atoms with Gasteiger partial charge in [-0.25, -0.2) is 0 Å². The molecule has 5 nitrogen and oxygen atoms in total. The summed E-state index contributed by atoms with van der Waals surface area (Å²) in [5.41, 5.74) is -0.114. The summed E-state index contributed by atoms with van der Waals surface area (Å²) >= 11 is 0. The summed E-state index contributed by atoms with van der Waals surface area (Å²) in [7, 11) is 0. The van der Waals surface area contributed by atoms with Gasteiger partial charge in [-0.3, -0.25) is 4.90 Å². The zero-order valence-electron chi connectivity index (χ0n) is 13.1. The maximum atomic E-state index is 9.76. The standard InChI is InChI=1S/C15H31NO4/c1-3-18-10-7-16(8-11-19-4-2)12-15(13-17)6-5-9-20-14-15/h17H,3-14H2,1-2H3.